The number of phenols is 2. The molecule has 0 amide bonds. The molecule has 0 aliphatic carbocycles. The number of phenolic OH excluding ortho intramolecular Hbond substituents is 2. The number of hydrogen-bond donors (Lipinski definition) is 4. The minimum Gasteiger partial charge on any atom is -0.504 e. The van der Waals surface area contributed by atoms with Gasteiger partial charge in [-0.1, -0.05) is 12.1 Å². The van der Waals surface area contributed by atoms with Gasteiger partial charge in [0.15, 0.2) is 17.3 Å². The van der Waals surface area contributed by atoms with Crippen LogP contribution in [0.5, 0.6) is 11.5 Å². The van der Waals surface area contributed by atoms with Crippen LogP contribution in [-0.2, 0) is 6.42 Å². The molecule has 3 rings (SSSR count). The predicted octanol–water partition coefficient (Wildman–Crippen LogP) is 2.36. The van der Waals surface area contributed by atoms with Crippen molar-refractivity contribution >= 4 is 11.0 Å². The lowest BCUT2D eigenvalue weighted by Gasteiger charge is -2.09. The maximum absolute atomic E-state index is 13.6. The third-order valence-corrected chi connectivity index (χ3v) is 3.33. The first-order valence-electron chi connectivity index (χ1n) is 6.45. The summed E-state index contributed by atoms with van der Waals surface area (Å²) >= 11 is 0. The van der Waals surface area contributed by atoms with E-state index in [1.807, 2.05) is 0 Å². The van der Waals surface area contributed by atoms with Gasteiger partial charge in [0.2, 0.25) is 0 Å². The molecule has 3 aromatic rings. The molecule has 1 aromatic heterocycles. The van der Waals surface area contributed by atoms with Gasteiger partial charge in [-0.25, -0.2) is 9.37 Å². The Morgan fingerprint density at radius 2 is 2.00 bits per heavy atom. The van der Waals surface area contributed by atoms with E-state index in [1.54, 1.807) is 18.2 Å². The number of nitrogens with two attached hydrogens (primary N) is 1. The van der Waals surface area contributed by atoms with Gasteiger partial charge in [0, 0.05) is 0 Å². The zero-order valence-electron chi connectivity index (χ0n) is 11.0. The van der Waals surface area contributed by atoms with Gasteiger partial charge < -0.3 is 20.9 Å². The molecule has 5 N–H and O–H groups in total. The van der Waals surface area contributed by atoms with E-state index in [9.17, 15) is 14.6 Å². The van der Waals surface area contributed by atoms with Crippen molar-refractivity contribution in [1.29, 1.82) is 0 Å². The van der Waals surface area contributed by atoms with Crippen molar-refractivity contribution in [1.82, 2.24) is 9.97 Å². The molecule has 0 bridgehead atoms. The molecule has 0 fully saturated rings. The highest BCUT2D eigenvalue weighted by Crippen LogP contribution is 2.27. The van der Waals surface area contributed by atoms with Gasteiger partial charge in [0.1, 0.15) is 11.3 Å². The Bertz CT molecular complexity index is 801. The van der Waals surface area contributed by atoms with Crippen molar-refractivity contribution < 1.29 is 14.6 Å². The number of aromatic nitrogens is 2. The van der Waals surface area contributed by atoms with E-state index < -0.39 is 11.9 Å². The summed E-state index contributed by atoms with van der Waals surface area (Å²) in [5, 5.41) is 18.7. The molecule has 108 valence electrons. The van der Waals surface area contributed by atoms with Crippen molar-refractivity contribution in [2.75, 3.05) is 0 Å². The number of nitrogens with zero attached hydrogens (tertiary/aromatic N) is 1. The van der Waals surface area contributed by atoms with E-state index in [-0.39, 0.29) is 17.0 Å². The molecular weight excluding hydrogens is 273 g/mol. The summed E-state index contributed by atoms with van der Waals surface area (Å²) in [6.07, 6.45) is 0.398. The smallest absolute Gasteiger partial charge is 0.157 e. The Morgan fingerprint density at radius 1 is 1.19 bits per heavy atom. The first kappa shape index (κ1) is 13.4. The Morgan fingerprint density at radius 3 is 2.71 bits per heavy atom. The number of nitrogens with one attached hydrogen (secondary N) is 1. The summed E-state index contributed by atoms with van der Waals surface area (Å²) in [5.74, 6) is -0.305. The van der Waals surface area contributed by atoms with Crippen LogP contribution in [0.1, 0.15) is 17.4 Å². The number of hydrogen-bond acceptors (Lipinski definition) is 4. The standard InChI is InChI=1S/C15H14FN3O2/c16-9-2-1-3-11-14(9)19-15(18-11)10(17)6-8-4-5-12(20)13(21)7-8/h1-5,7,10,20-21H,6,17H2,(H,18,19). The third-order valence-electron chi connectivity index (χ3n) is 3.33. The van der Waals surface area contributed by atoms with Crippen molar-refractivity contribution in [3.8, 4) is 11.5 Å². The molecule has 2 aromatic carbocycles. The molecule has 6 heteroatoms. The second kappa shape index (κ2) is 5.06. The summed E-state index contributed by atoms with van der Waals surface area (Å²) in [6, 6.07) is 8.71. The van der Waals surface area contributed by atoms with Crippen molar-refractivity contribution in [2.45, 2.75) is 12.5 Å². The molecular formula is C15H14FN3O2. The Kier molecular flexibility index (Phi) is 3.23. The fraction of sp³-hybridized carbons (Fsp3) is 0.133. The molecule has 21 heavy (non-hydrogen) atoms. The van der Waals surface area contributed by atoms with Gasteiger partial charge in [0.25, 0.3) is 0 Å². The van der Waals surface area contributed by atoms with Gasteiger partial charge in [0.05, 0.1) is 11.6 Å². The lowest BCUT2D eigenvalue weighted by atomic mass is 10.1. The van der Waals surface area contributed by atoms with Crippen LogP contribution in [0.25, 0.3) is 11.0 Å². The number of fused-ring (bicyclic) bond motifs is 1. The fourth-order valence-electron chi connectivity index (χ4n) is 2.24. The Labute approximate surface area is 119 Å². The maximum Gasteiger partial charge on any atom is 0.157 e. The van der Waals surface area contributed by atoms with E-state index in [0.717, 1.165) is 5.56 Å². The Balaban J connectivity index is 1.87. The Hall–Kier alpha value is -2.60. The van der Waals surface area contributed by atoms with Crippen LogP contribution < -0.4 is 5.73 Å². The molecule has 1 heterocycles. The quantitative estimate of drug-likeness (QED) is 0.556. The van der Waals surface area contributed by atoms with Gasteiger partial charge in [-0.15, -0.1) is 0 Å². The van der Waals surface area contributed by atoms with Gasteiger partial charge in [-0.05, 0) is 36.2 Å². The van der Waals surface area contributed by atoms with E-state index in [1.165, 1.54) is 18.2 Å². The van der Waals surface area contributed by atoms with Crippen LogP contribution in [0.4, 0.5) is 4.39 Å². The minimum atomic E-state index is -0.472. The van der Waals surface area contributed by atoms with Crippen LogP contribution in [-0.4, -0.2) is 20.2 Å². The number of H-pyrrole nitrogens is 1. The second-order valence-electron chi connectivity index (χ2n) is 4.89. The number of imidazole rings is 1. The number of aromatic amines is 1. The molecule has 0 radical (unpaired) electrons. The molecule has 0 spiro atoms. The monoisotopic (exact) mass is 287 g/mol. The maximum atomic E-state index is 13.6. The highest BCUT2D eigenvalue weighted by molar-refractivity contribution is 5.75. The first-order chi connectivity index (χ1) is 10.0. The van der Waals surface area contributed by atoms with Gasteiger partial charge >= 0.3 is 0 Å². The summed E-state index contributed by atoms with van der Waals surface area (Å²) in [4.78, 5) is 7.18. The van der Waals surface area contributed by atoms with Crippen LogP contribution in [0, 0.1) is 5.82 Å². The predicted molar refractivity (Wildman–Crippen MR) is 76.5 cm³/mol. The molecule has 0 saturated heterocycles. The third kappa shape index (κ3) is 2.53. The van der Waals surface area contributed by atoms with E-state index in [2.05, 4.69) is 9.97 Å². The van der Waals surface area contributed by atoms with Crippen molar-refractivity contribution in [2.24, 2.45) is 5.73 Å². The minimum absolute atomic E-state index is 0.182. The summed E-state index contributed by atoms with van der Waals surface area (Å²) in [6.45, 7) is 0. The van der Waals surface area contributed by atoms with E-state index in [4.69, 9.17) is 5.73 Å². The molecule has 0 saturated carbocycles. The fourth-order valence-corrected chi connectivity index (χ4v) is 2.24. The summed E-state index contributed by atoms with van der Waals surface area (Å²) in [7, 11) is 0. The molecule has 0 aliphatic rings. The number of halogens is 1. The zero-order chi connectivity index (χ0) is 15.0. The molecule has 5 nitrogen and oxygen atoms in total. The topological polar surface area (TPSA) is 95.2 Å². The normalized spacial score (nSPS) is 12.7. The van der Waals surface area contributed by atoms with Crippen LogP contribution in [0.2, 0.25) is 0 Å². The number of para-hydroxylation sites is 1. The van der Waals surface area contributed by atoms with Crippen molar-refractivity contribution in [3.63, 3.8) is 0 Å². The van der Waals surface area contributed by atoms with E-state index in [0.29, 0.717) is 17.8 Å². The van der Waals surface area contributed by atoms with Crippen molar-refractivity contribution in [3.05, 3.63) is 53.6 Å². The first-order valence-corrected chi connectivity index (χ1v) is 6.45. The van der Waals surface area contributed by atoms with Crippen LogP contribution in [0.3, 0.4) is 0 Å². The molecule has 1 unspecified atom stereocenters. The van der Waals surface area contributed by atoms with Gasteiger partial charge in [-0.2, -0.15) is 0 Å². The highest BCUT2D eigenvalue weighted by Gasteiger charge is 2.14. The molecule has 1 atom stereocenters. The zero-order valence-corrected chi connectivity index (χ0v) is 11.0. The lowest BCUT2D eigenvalue weighted by molar-refractivity contribution is 0.403. The second-order valence-corrected chi connectivity index (χ2v) is 4.89. The molecule has 0 aliphatic heterocycles. The highest BCUT2D eigenvalue weighted by atomic mass is 19.1. The number of aromatic hydroxyl groups is 2. The lowest BCUT2D eigenvalue weighted by Crippen LogP contribution is -2.14. The van der Waals surface area contributed by atoms with Gasteiger partial charge in [-0.3, -0.25) is 0 Å². The average Bonchev–Trinajstić information content (AvgIpc) is 2.89. The van der Waals surface area contributed by atoms with Crippen LogP contribution >= 0.6 is 0 Å². The SMILES string of the molecule is NC(Cc1ccc(O)c(O)c1)c1nc2c(F)cccc2[nH]1. The summed E-state index contributed by atoms with van der Waals surface area (Å²) in [5.41, 5.74) is 7.67. The largest absolute Gasteiger partial charge is 0.504 e. The summed E-state index contributed by atoms with van der Waals surface area (Å²) < 4.78 is 13.6. The number of benzene rings is 2. The van der Waals surface area contributed by atoms with Crippen LogP contribution in [0.15, 0.2) is 36.4 Å². The van der Waals surface area contributed by atoms with E-state index >= 15 is 0 Å². The average molecular weight is 287 g/mol. The number of rotatable bonds is 3.